The molecule has 3 heterocycles. The number of allylic oxidation sites excluding steroid dienone is 1. The molecule has 45 heavy (non-hydrogen) atoms. The van der Waals surface area contributed by atoms with Crippen LogP contribution >= 0.6 is 0 Å². The number of ether oxygens (including phenoxy) is 1. The number of esters is 1. The van der Waals surface area contributed by atoms with Crippen LogP contribution < -0.4 is 4.90 Å². The summed E-state index contributed by atoms with van der Waals surface area (Å²) in [6.45, 7) is 1.89. The van der Waals surface area contributed by atoms with Gasteiger partial charge in [-0.3, -0.25) is 14.4 Å². The molecule has 2 aliphatic rings. The summed E-state index contributed by atoms with van der Waals surface area (Å²) >= 11 is 0. The molecule has 1 fully saturated rings. The number of benzene rings is 2. The van der Waals surface area contributed by atoms with Gasteiger partial charge in [-0.15, -0.1) is 0 Å². The van der Waals surface area contributed by atoms with Crippen LogP contribution in [0.2, 0.25) is 0 Å². The molecule has 3 aromatic rings. The summed E-state index contributed by atoms with van der Waals surface area (Å²) < 4.78 is 80.0. The van der Waals surface area contributed by atoms with Gasteiger partial charge in [-0.25, -0.2) is 13.5 Å². The van der Waals surface area contributed by atoms with E-state index in [1.54, 1.807) is 13.0 Å². The highest BCUT2D eigenvalue weighted by Crippen LogP contribution is 2.44. The molecule has 0 atom stereocenters. The molecule has 2 aliphatic heterocycles. The third-order valence-electron chi connectivity index (χ3n) is 8.00. The number of fused-ring (bicyclic) bond motifs is 1. The van der Waals surface area contributed by atoms with Gasteiger partial charge in [0.05, 0.1) is 29.7 Å². The molecule has 2 aromatic carbocycles. The Hall–Kier alpha value is -4.55. The zero-order valence-electron chi connectivity index (χ0n) is 24.4. The van der Waals surface area contributed by atoms with Crippen LogP contribution in [0.1, 0.15) is 54.2 Å². The van der Waals surface area contributed by atoms with E-state index >= 15 is 8.78 Å². The fraction of sp³-hybridized carbons (Fsp3) is 0.375. The van der Waals surface area contributed by atoms with E-state index in [0.717, 1.165) is 17.2 Å². The molecule has 0 spiro atoms. The monoisotopic (exact) mass is 630 g/mol. The van der Waals surface area contributed by atoms with E-state index in [4.69, 9.17) is 4.74 Å². The SMILES string of the molecule is CCOC(=O)CC1CCN(C(=O)/C=C2/c3ccccc3N(C(=O)c3cnn(-c4ccccc4)c3C(F)(F)F)CCC2(F)F)CC1. The molecule has 0 saturated carbocycles. The summed E-state index contributed by atoms with van der Waals surface area (Å²) in [5.74, 6) is -5.70. The number of likely N-dealkylation sites (tertiary alicyclic amines) is 1. The van der Waals surface area contributed by atoms with Crippen molar-refractivity contribution in [1.82, 2.24) is 14.7 Å². The Morgan fingerprint density at radius 3 is 2.33 bits per heavy atom. The van der Waals surface area contributed by atoms with Crippen LogP contribution in [0.15, 0.2) is 66.9 Å². The molecular formula is C32H31F5N4O4. The number of rotatable bonds is 6. The van der Waals surface area contributed by atoms with Gasteiger partial charge in [0.1, 0.15) is 0 Å². The smallest absolute Gasteiger partial charge is 0.434 e. The number of carbonyl (C=O) groups is 3. The van der Waals surface area contributed by atoms with Gasteiger partial charge < -0.3 is 14.5 Å². The summed E-state index contributed by atoms with van der Waals surface area (Å²) in [6, 6.07) is 13.1. The van der Waals surface area contributed by atoms with Gasteiger partial charge in [0.15, 0.2) is 5.69 Å². The van der Waals surface area contributed by atoms with Crippen molar-refractivity contribution in [3.63, 3.8) is 0 Å². The van der Waals surface area contributed by atoms with E-state index in [2.05, 4.69) is 5.10 Å². The van der Waals surface area contributed by atoms with Crippen LogP contribution in [-0.2, 0) is 20.5 Å². The number of anilines is 1. The van der Waals surface area contributed by atoms with Crippen molar-refractivity contribution in [3.8, 4) is 5.69 Å². The van der Waals surface area contributed by atoms with Crippen molar-refractivity contribution < 1.29 is 41.1 Å². The average molecular weight is 631 g/mol. The van der Waals surface area contributed by atoms with E-state index in [1.165, 1.54) is 53.4 Å². The molecule has 1 saturated heterocycles. The highest BCUT2D eigenvalue weighted by molar-refractivity contribution is 6.09. The first-order chi connectivity index (χ1) is 21.4. The highest BCUT2D eigenvalue weighted by atomic mass is 19.4. The number of aromatic nitrogens is 2. The number of halogens is 5. The predicted octanol–water partition coefficient (Wildman–Crippen LogP) is 6.15. The third kappa shape index (κ3) is 6.76. The maximum atomic E-state index is 15.7. The minimum Gasteiger partial charge on any atom is -0.466 e. The summed E-state index contributed by atoms with van der Waals surface area (Å²) in [7, 11) is 0. The van der Waals surface area contributed by atoms with Crippen LogP contribution in [0, 0.1) is 5.92 Å². The van der Waals surface area contributed by atoms with Gasteiger partial charge in [0.25, 0.3) is 11.8 Å². The standard InChI is InChI=1S/C32H31F5N4O4/c1-2-45-28(43)18-21-12-15-39(16-13-21)27(42)19-25-23-10-6-7-11-26(23)40(17-14-31(25,33)34)30(44)24-20-38-41(29(24)32(35,36)37)22-8-4-3-5-9-22/h3-11,19-21H,2,12-18H2,1H3/b25-19-. The van der Waals surface area contributed by atoms with Crippen LogP contribution in [-0.4, -0.2) is 64.6 Å². The Labute approximate surface area is 256 Å². The molecule has 0 aliphatic carbocycles. The minimum atomic E-state index is -4.99. The van der Waals surface area contributed by atoms with E-state index < -0.39 is 53.7 Å². The maximum Gasteiger partial charge on any atom is 0.434 e. The predicted molar refractivity (Wildman–Crippen MR) is 155 cm³/mol. The number of nitrogens with zero attached hydrogens (tertiary/aromatic N) is 4. The number of carbonyl (C=O) groups excluding carboxylic acids is 3. The van der Waals surface area contributed by atoms with Crippen molar-refractivity contribution in [2.45, 2.75) is 44.7 Å². The summed E-state index contributed by atoms with van der Waals surface area (Å²) in [6.07, 6.45) is -3.06. The first kappa shape index (κ1) is 31.9. The lowest BCUT2D eigenvalue weighted by molar-refractivity contribution is -0.145. The Morgan fingerprint density at radius 2 is 1.67 bits per heavy atom. The van der Waals surface area contributed by atoms with Crippen molar-refractivity contribution in [1.29, 1.82) is 0 Å². The lowest BCUT2D eigenvalue weighted by Gasteiger charge is -2.31. The number of hydrogen-bond acceptors (Lipinski definition) is 5. The van der Waals surface area contributed by atoms with Gasteiger partial charge in [-0.1, -0.05) is 36.4 Å². The Morgan fingerprint density at radius 1 is 1.00 bits per heavy atom. The molecule has 0 radical (unpaired) electrons. The topological polar surface area (TPSA) is 84.7 Å². The minimum absolute atomic E-state index is 0.00760. The number of hydrogen-bond donors (Lipinski definition) is 0. The van der Waals surface area contributed by atoms with Gasteiger partial charge in [-0.05, 0) is 43.9 Å². The van der Waals surface area contributed by atoms with Gasteiger partial charge in [0.2, 0.25) is 5.91 Å². The second-order valence-corrected chi connectivity index (χ2v) is 10.9. The molecule has 238 valence electrons. The average Bonchev–Trinajstić information content (AvgIpc) is 3.43. The van der Waals surface area contributed by atoms with Gasteiger partial charge in [0, 0.05) is 49.7 Å². The molecular weight excluding hydrogens is 599 g/mol. The first-order valence-corrected chi connectivity index (χ1v) is 14.6. The first-order valence-electron chi connectivity index (χ1n) is 14.6. The van der Waals surface area contributed by atoms with Gasteiger partial charge >= 0.3 is 12.1 Å². The van der Waals surface area contributed by atoms with Crippen molar-refractivity contribution in [2.24, 2.45) is 5.92 Å². The molecule has 13 heteroatoms. The molecule has 0 N–H and O–H groups in total. The fourth-order valence-corrected chi connectivity index (χ4v) is 5.75. The largest absolute Gasteiger partial charge is 0.466 e. The second-order valence-electron chi connectivity index (χ2n) is 10.9. The lowest BCUT2D eigenvalue weighted by atomic mass is 9.93. The molecule has 2 amide bonds. The van der Waals surface area contributed by atoms with Gasteiger partial charge in [-0.2, -0.15) is 18.3 Å². The van der Waals surface area contributed by atoms with E-state index in [-0.39, 0.29) is 54.9 Å². The Kier molecular flexibility index (Phi) is 9.08. The number of amides is 2. The molecule has 1 aromatic heterocycles. The molecule has 8 nitrogen and oxygen atoms in total. The third-order valence-corrected chi connectivity index (χ3v) is 8.00. The Balaban J connectivity index is 1.45. The maximum absolute atomic E-state index is 15.7. The summed E-state index contributed by atoms with van der Waals surface area (Å²) in [4.78, 5) is 41.1. The number of alkyl halides is 5. The van der Waals surface area contributed by atoms with E-state index in [0.29, 0.717) is 17.5 Å². The lowest BCUT2D eigenvalue weighted by Crippen LogP contribution is -2.38. The summed E-state index contributed by atoms with van der Waals surface area (Å²) in [5, 5.41) is 3.83. The van der Waals surface area contributed by atoms with Crippen molar-refractivity contribution in [2.75, 3.05) is 31.1 Å². The van der Waals surface area contributed by atoms with Crippen LogP contribution in [0.5, 0.6) is 0 Å². The van der Waals surface area contributed by atoms with Crippen molar-refractivity contribution >= 4 is 29.0 Å². The molecule has 0 unspecified atom stereocenters. The number of para-hydroxylation sites is 2. The van der Waals surface area contributed by atoms with E-state index in [9.17, 15) is 27.6 Å². The van der Waals surface area contributed by atoms with Crippen LogP contribution in [0.4, 0.5) is 27.6 Å². The highest BCUT2D eigenvalue weighted by Gasteiger charge is 2.45. The van der Waals surface area contributed by atoms with E-state index in [1.807, 2.05) is 0 Å². The van der Waals surface area contributed by atoms with Crippen LogP contribution in [0.3, 0.4) is 0 Å². The molecule has 5 rings (SSSR count). The zero-order valence-corrected chi connectivity index (χ0v) is 24.4. The normalized spacial score (nSPS) is 18.0. The Bertz CT molecular complexity index is 1590. The van der Waals surface area contributed by atoms with Crippen LogP contribution in [0.25, 0.3) is 11.3 Å². The second kappa shape index (κ2) is 12.8. The van der Waals surface area contributed by atoms with Crippen molar-refractivity contribution in [3.05, 3.63) is 83.7 Å². The fourth-order valence-electron chi connectivity index (χ4n) is 5.75. The number of piperidine rings is 1. The molecule has 0 bridgehead atoms. The summed E-state index contributed by atoms with van der Waals surface area (Å²) in [5.41, 5.74) is -2.86. The quantitative estimate of drug-likeness (QED) is 0.185. The zero-order chi connectivity index (χ0) is 32.4.